The van der Waals surface area contributed by atoms with Gasteiger partial charge in [-0.15, -0.1) is 0 Å². The van der Waals surface area contributed by atoms with Gasteiger partial charge in [0.15, 0.2) is 11.6 Å². The molecule has 0 fully saturated rings. The number of nitrogens with one attached hydrogen (secondary N) is 2. The first-order valence-corrected chi connectivity index (χ1v) is 5.92. The Balaban J connectivity index is 2.69. The van der Waals surface area contributed by atoms with Crippen LogP contribution < -0.4 is 10.9 Å². The van der Waals surface area contributed by atoms with Crippen molar-refractivity contribution in [3.63, 3.8) is 0 Å². The molecule has 2 amide bonds. The largest absolute Gasteiger partial charge is 0.443 e. The number of carbonyl (C=O) groups is 2. The molecule has 0 saturated carbocycles. The summed E-state index contributed by atoms with van der Waals surface area (Å²) in [4.78, 5) is 22.9. The van der Waals surface area contributed by atoms with E-state index >= 15 is 0 Å². The lowest BCUT2D eigenvalue weighted by Crippen LogP contribution is -2.44. The van der Waals surface area contributed by atoms with Gasteiger partial charge in [-0.25, -0.2) is 19.0 Å². The molecule has 0 aromatic heterocycles. The number of halogens is 3. The Bertz CT molecular complexity index is 544. The number of hydrogen-bond acceptors (Lipinski definition) is 3. The van der Waals surface area contributed by atoms with Crippen molar-refractivity contribution in [3.05, 3.63) is 34.4 Å². The zero-order valence-electron chi connectivity index (χ0n) is 11.0. The zero-order valence-corrected chi connectivity index (χ0v) is 11.8. The van der Waals surface area contributed by atoms with Crippen LogP contribution >= 0.6 is 11.6 Å². The van der Waals surface area contributed by atoms with Crippen molar-refractivity contribution >= 4 is 23.6 Å². The fourth-order valence-corrected chi connectivity index (χ4v) is 1.41. The third-order valence-electron chi connectivity index (χ3n) is 1.93. The lowest BCUT2D eigenvalue weighted by molar-refractivity contribution is 0.0483. The second-order valence-corrected chi connectivity index (χ2v) is 5.23. The van der Waals surface area contributed by atoms with Crippen LogP contribution in [0.25, 0.3) is 0 Å². The predicted molar refractivity (Wildman–Crippen MR) is 68.2 cm³/mol. The van der Waals surface area contributed by atoms with E-state index in [0.717, 1.165) is 0 Å². The summed E-state index contributed by atoms with van der Waals surface area (Å²) in [5, 5.41) is -0.285. The van der Waals surface area contributed by atoms with Gasteiger partial charge in [0.05, 0.1) is 10.6 Å². The third kappa shape index (κ3) is 4.65. The summed E-state index contributed by atoms with van der Waals surface area (Å²) < 4.78 is 30.7. The van der Waals surface area contributed by atoms with Crippen molar-refractivity contribution in [3.8, 4) is 0 Å². The minimum atomic E-state index is -1.23. The van der Waals surface area contributed by atoms with Gasteiger partial charge in [-0.1, -0.05) is 11.6 Å². The summed E-state index contributed by atoms with van der Waals surface area (Å²) in [5.74, 6) is -3.30. The smallest absolute Gasteiger partial charge is 0.426 e. The van der Waals surface area contributed by atoms with Crippen molar-refractivity contribution in [1.29, 1.82) is 0 Å². The van der Waals surface area contributed by atoms with Crippen LogP contribution in [-0.2, 0) is 4.74 Å². The Kier molecular flexibility index (Phi) is 4.88. The normalized spacial score (nSPS) is 10.9. The Morgan fingerprint density at radius 1 is 1.15 bits per heavy atom. The van der Waals surface area contributed by atoms with E-state index in [0.29, 0.717) is 12.1 Å². The quantitative estimate of drug-likeness (QED) is 0.619. The molecule has 20 heavy (non-hydrogen) atoms. The van der Waals surface area contributed by atoms with Crippen LogP contribution in [0.5, 0.6) is 0 Å². The molecule has 8 heteroatoms. The Morgan fingerprint density at radius 3 is 2.25 bits per heavy atom. The fourth-order valence-electron chi connectivity index (χ4n) is 1.18. The topological polar surface area (TPSA) is 67.4 Å². The molecule has 0 saturated heterocycles. The minimum Gasteiger partial charge on any atom is -0.443 e. The fraction of sp³-hybridized carbons (Fsp3) is 0.333. The third-order valence-corrected chi connectivity index (χ3v) is 2.24. The summed E-state index contributed by atoms with van der Waals surface area (Å²) in [5.41, 5.74) is 2.88. The van der Waals surface area contributed by atoms with E-state index in [1.807, 2.05) is 10.9 Å². The maximum Gasteiger partial charge on any atom is 0.426 e. The number of benzene rings is 1. The molecule has 0 atom stereocenters. The first kappa shape index (κ1) is 16.2. The first-order valence-electron chi connectivity index (χ1n) is 5.54. The van der Waals surface area contributed by atoms with Crippen molar-refractivity contribution in [2.75, 3.05) is 0 Å². The van der Waals surface area contributed by atoms with Gasteiger partial charge in [0.2, 0.25) is 0 Å². The van der Waals surface area contributed by atoms with Crippen LogP contribution in [0.15, 0.2) is 12.1 Å². The predicted octanol–water partition coefficient (Wildman–Crippen LogP) is 2.79. The lowest BCUT2D eigenvalue weighted by Gasteiger charge is -2.19. The maximum atomic E-state index is 13.0. The lowest BCUT2D eigenvalue weighted by atomic mass is 10.2. The Labute approximate surface area is 119 Å². The summed E-state index contributed by atoms with van der Waals surface area (Å²) in [6, 6.07) is 1.29. The molecule has 1 rings (SSSR count). The summed E-state index contributed by atoms with van der Waals surface area (Å²) in [7, 11) is 0. The monoisotopic (exact) mass is 306 g/mol. The van der Waals surface area contributed by atoms with Crippen LogP contribution in [-0.4, -0.2) is 17.6 Å². The van der Waals surface area contributed by atoms with Gasteiger partial charge in [0, 0.05) is 0 Å². The highest BCUT2D eigenvalue weighted by molar-refractivity contribution is 6.33. The molecule has 110 valence electrons. The Morgan fingerprint density at radius 2 is 1.70 bits per heavy atom. The molecule has 0 aliphatic heterocycles. The summed E-state index contributed by atoms with van der Waals surface area (Å²) in [6.07, 6.45) is -0.899. The van der Waals surface area contributed by atoms with Gasteiger partial charge in [0.25, 0.3) is 5.91 Å². The van der Waals surface area contributed by atoms with E-state index in [-0.39, 0.29) is 10.6 Å². The highest BCUT2D eigenvalue weighted by Crippen LogP contribution is 2.19. The first-order chi connectivity index (χ1) is 9.10. The highest BCUT2D eigenvalue weighted by Gasteiger charge is 2.18. The van der Waals surface area contributed by atoms with Crippen molar-refractivity contribution in [2.45, 2.75) is 26.4 Å². The second-order valence-electron chi connectivity index (χ2n) is 4.83. The molecule has 0 bridgehead atoms. The maximum absolute atomic E-state index is 13.0. The van der Waals surface area contributed by atoms with Crippen molar-refractivity contribution < 1.29 is 23.1 Å². The summed E-state index contributed by atoms with van der Waals surface area (Å²) >= 11 is 5.61. The average molecular weight is 307 g/mol. The number of amides is 2. The van der Waals surface area contributed by atoms with E-state index in [4.69, 9.17) is 16.3 Å². The molecule has 0 heterocycles. The number of hydrogen-bond donors (Lipinski definition) is 2. The molecule has 1 aromatic carbocycles. The van der Waals surface area contributed by atoms with Crippen LogP contribution in [0, 0.1) is 11.6 Å². The molecular formula is C12H13ClF2N2O3. The van der Waals surface area contributed by atoms with Gasteiger partial charge in [-0.2, -0.15) is 0 Å². The van der Waals surface area contributed by atoms with E-state index < -0.39 is 29.2 Å². The van der Waals surface area contributed by atoms with E-state index in [1.165, 1.54) is 0 Å². The van der Waals surface area contributed by atoms with Gasteiger partial charge in [-0.3, -0.25) is 10.2 Å². The SMILES string of the molecule is CC(C)(C)OC(=O)NNC(=O)c1cc(F)c(F)cc1Cl. The van der Waals surface area contributed by atoms with Crippen LogP contribution in [0.1, 0.15) is 31.1 Å². The number of carbonyl (C=O) groups excluding carboxylic acids is 2. The second kappa shape index (κ2) is 6.04. The molecule has 0 spiro atoms. The van der Waals surface area contributed by atoms with Crippen LogP contribution in [0.4, 0.5) is 13.6 Å². The Hall–Kier alpha value is -1.89. The van der Waals surface area contributed by atoms with Gasteiger partial charge in [0.1, 0.15) is 5.60 Å². The van der Waals surface area contributed by atoms with E-state index in [2.05, 4.69) is 0 Å². The zero-order chi connectivity index (χ0) is 15.5. The van der Waals surface area contributed by atoms with E-state index in [1.54, 1.807) is 20.8 Å². The number of rotatable bonds is 1. The number of ether oxygens (including phenoxy) is 1. The van der Waals surface area contributed by atoms with E-state index in [9.17, 15) is 18.4 Å². The van der Waals surface area contributed by atoms with Gasteiger partial charge in [-0.05, 0) is 32.9 Å². The van der Waals surface area contributed by atoms with Crippen LogP contribution in [0.3, 0.4) is 0 Å². The molecule has 0 unspecified atom stereocenters. The van der Waals surface area contributed by atoms with Crippen molar-refractivity contribution in [1.82, 2.24) is 10.9 Å². The average Bonchev–Trinajstić information content (AvgIpc) is 2.28. The van der Waals surface area contributed by atoms with Gasteiger partial charge >= 0.3 is 6.09 Å². The van der Waals surface area contributed by atoms with Crippen LogP contribution in [0.2, 0.25) is 5.02 Å². The van der Waals surface area contributed by atoms with Gasteiger partial charge < -0.3 is 4.74 Å². The van der Waals surface area contributed by atoms with Crippen molar-refractivity contribution in [2.24, 2.45) is 0 Å². The molecule has 0 aliphatic carbocycles. The molecular weight excluding hydrogens is 294 g/mol. The summed E-state index contributed by atoms with van der Waals surface area (Å²) in [6.45, 7) is 4.92. The molecule has 0 aliphatic rings. The molecule has 2 N–H and O–H groups in total. The number of hydrazine groups is 1. The molecule has 5 nitrogen and oxygen atoms in total. The minimum absolute atomic E-state index is 0.285. The highest BCUT2D eigenvalue weighted by atomic mass is 35.5. The molecule has 1 aromatic rings. The standard InChI is InChI=1S/C12H13ClF2N2O3/c1-12(2,3)20-11(19)17-16-10(18)6-4-8(14)9(15)5-7(6)13/h4-5H,1-3H3,(H,16,18)(H,17,19). The molecule has 0 radical (unpaired) electrons.